The Morgan fingerprint density at radius 3 is 2.78 bits per heavy atom. The summed E-state index contributed by atoms with van der Waals surface area (Å²) in [4.78, 5) is 12.2. The monoisotopic (exact) mass is 329 g/mol. The van der Waals surface area contributed by atoms with E-state index in [-0.39, 0.29) is 11.7 Å². The first-order valence-electron chi connectivity index (χ1n) is 7.21. The third-order valence-corrected chi connectivity index (χ3v) is 3.98. The summed E-state index contributed by atoms with van der Waals surface area (Å²) in [5.41, 5.74) is 3.75. The molecular weight excluding hydrogens is 314 g/mol. The molecule has 0 aliphatic carbocycles. The molecule has 2 N–H and O–H groups in total. The van der Waals surface area contributed by atoms with E-state index in [4.69, 9.17) is 16.3 Å². The number of nitrogens with one attached hydrogen (secondary N) is 1. The SMILES string of the molecule is COc1ccc(C=C2C(=O)Nc3ccc(CCCl)cc32)c(O)c1. The largest absolute Gasteiger partial charge is 0.507 e. The third kappa shape index (κ3) is 3.03. The fourth-order valence-electron chi connectivity index (χ4n) is 2.57. The highest BCUT2D eigenvalue weighted by atomic mass is 35.5. The number of carbonyl (C=O) groups is 1. The number of halogens is 1. The van der Waals surface area contributed by atoms with E-state index in [1.54, 1.807) is 18.2 Å². The summed E-state index contributed by atoms with van der Waals surface area (Å²) in [6.45, 7) is 0. The molecule has 1 heterocycles. The molecule has 0 radical (unpaired) electrons. The summed E-state index contributed by atoms with van der Waals surface area (Å²) < 4.78 is 5.07. The summed E-state index contributed by atoms with van der Waals surface area (Å²) >= 11 is 5.79. The number of benzene rings is 2. The van der Waals surface area contributed by atoms with Crippen molar-refractivity contribution in [1.82, 2.24) is 0 Å². The molecule has 2 aromatic rings. The van der Waals surface area contributed by atoms with Crippen molar-refractivity contribution in [3.8, 4) is 11.5 Å². The van der Waals surface area contributed by atoms with E-state index in [9.17, 15) is 9.90 Å². The van der Waals surface area contributed by atoms with Gasteiger partial charge in [-0.25, -0.2) is 0 Å². The quantitative estimate of drug-likeness (QED) is 0.664. The van der Waals surface area contributed by atoms with Crippen molar-refractivity contribution in [2.75, 3.05) is 18.3 Å². The zero-order chi connectivity index (χ0) is 16.4. The number of hydrogen-bond acceptors (Lipinski definition) is 3. The molecule has 23 heavy (non-hydrogen) atoms. The molecular formula is C18H16ClNO3. The number of fused-ring (bicyclic) bond motifs is 1. The first kappa shape index (κ1) is 15.4. The van der Waals surface area contributed by atoms with Crippen molar-refractivity contribution in [2.45, 2.75) is 6.42 Å². The van der Waals surface area contributed by atoms with E-state index < -0.39 is 0 Å². The number of rotatable bonds is 4. The highest BCUT2D eigenvalue weighted by molar-refractivity contribution is 6.35. The number of hydrogen-bond donors (Lipinski definition) is 2. The first-order chi connectivity index (χ1) is 11.1. The van der Waals surface area contributed by atoms with Crippen molar-refractivity contribution < 1.29 is 14.6 Å². The second kappa shape index (κ2) is 6.34. The number of amides is 1. The molecule has 0 bridgehead atoms. The summed E-state index contributed by atoms with van der Waals surface area (Å²) in [5.74, 6) is 0.969. The van der Waals surface area contributed by atoms with Gasteiger partial charge in [0, 0.05) is 34.3 Å². The van der Waals surface area contributed by atoms with Crippen molar-refractivity contribution >= 4 is 34.8 Å². The molecule has 5 heteroatoms. The van der Waals surface area contributed by atoms with Gasteiger partial charge in [-0.05, 0) is 42.3 Å². The predicted molar refractivity (Wildman–Crippen MR) is 92.0 cm³/mol. The maximum atomic E-state index is 12.2. The van der Waals surface area contributed by atoms with Crippen LogP contribution in [0.3, 0.4) is 0 Å². The molecule has 4 nitrogen and oxygen atoms in total. The average Bonchev–Trinajstić information content (AvgIpc) is 2.85. The minimum absolute atomic E-state index is 0.0648. The topological polar surface area (TPSA) is 58.6 Å². The summed E-state index contributed by atoms with van der Waals surface area (Å²) in [7, 11) is 1.53. The number of phenolic OH excluding ortho intramolecular Hbond substituents is 1. The maximum Gasteiger partial charge on any atom is 0.256 e. The van der Waals surface area contributed by atoms with Crippen LogP contribution in [0.1, 0.15) is 16.7 Å². The lowest BCUT2D eigenvalue weighted by molar-refractivity contribution is -0.110. The van der Waals surface area contributed by atoms with Crippen LogP contribution in [0, 0.1) is 0 Å². The van der Waals surface area contributed by atoms with Crippen molar-refractivity contribution in [3.05, 3.63) is 53.1 Å². The minimum Gasteiger partial charge on any atom is -0.507 e. The van der Waals surface area contributed by atoms with Gasteiger partial charge in [0.1, 0.15) is 11.5 Å². The van der Waals surface area contributed by atoms with Crippen LogP contribution in [0.5, 0.6) is 11.5 Å². The molecule has 3 rings (SSSR count). The molecule has 0 atom stereocenters. The van der Waals surface area contributed by atoms with E-state index in [2.05, 4.69) is 5.32 Å². The van der Waals surface area contributed by atoms with Crippen molar-refractivity contribution in [2.24, 2.45) is 0 Å². The van der Waals surface area contributed by atoms with Gasteiger partial charge < -0.3 is 15.2 Å². The van der Waals surface area contributed by atoms with Crippen LogP contribution in [0.4, 0.5) is 5.69 Å². The van der Waals surface area contributed by atoms with Gasteiger partial charge in [-0.1, -0.05) is 6.07 Å². The molecule has 1 aliphatic rings. The van der Waals surface area contributed by atoms with E-state index in [1.807, 2.05) is 18.2 Å². The van der Waals surface area contributed by atoms with Gasteiger partial charge in [-0.2, -0.15) is 0 Å². The standard InChI is InChI=1S/C18H16ClNO3/c1-23-13-4-3-12(17(21)10-13)9-15-14-8-11(6-7-19)2-5-16(14)20-18(15)22/h2-5,8-10,21H,6-7H2,1H3,(H,20,22). The first-order valence-corrected chi connectivity index (χ1v) is 7.75. The number of alkyl halides is 1. The normalized spacial score (nSPS) is 14.7. The summed E-state index contributed by atoms with van der Waals surface area (Å²) in [5, 5.41) is 12.9. The van der Waals surface area contributed by atoms with Crippen LogP contribution in [0.25, 0.3) is 11.6 Å². The summed E-state index contributed by atoms with van der Waals surface area (Å²) in [6.07, 6.45) is 2.42. The summed E-state index contributed by atoms with van der Waals surface area (Å²) in [6, 6.07) is 10.8. The average molecular weight is 330 g/mol. The number of aryl methyl sites for hydroxylation is 1. The molecule has 1 amide bonds. The van der Waals surface area contributed by atoms with Gasteiger partial charge in [0.05, 0.1) is 7.11 Å². The van der Waals surface area contributed by atoms with Gasteiger partial charge >= 0.3 is 0 Å². The van der Waals surface area contributed by atoms with Crippen molar-refractivity contribution in [1.29, 1.82) is 0 Å². The lowest BCUT2D eigenvalue weighted by atomic mass is 10.0. The molecule has 0 saturated carbocycles. The Balaban J connectivity index is 2.04. The van der Waals surface area contributed by atoms with Gasteiger partial charge in [0.2, 0.25) is 0 Å². The molecule has 2 aromatic carbocycles. The second-order valence-corrected chi connectivity index (χ2v) is 5.63. The molecule has 0 fully saturated rings. The third-order valence-electron chi connectivity index (χ3n) is 3.79. The molecule has 0 saturated heterocycles. The highest BCUT2D eigenvalue weighted by Crippen LogP contribution is 2.35. The molecule has 1 aliphatic heterocycles. The maximum absolute atomic E-state index is 12.2. The van der Waals surface area contributed by atoms with Crippen LogP contribution in [-0.2, 0) is 11.2 Å². The van der Waals surface area contributed by atoms with Crippen LogP contribution >= 0.6 is 11.6 Å². The van der Waals surface area contributed by atoms with E-state index in [1.165, 1.54) is 13.2 Å². The Morgan fingerprint density at radius 2 is 2.09 bits per heavy atom. The van der Waals surface area contributed by atoms with Crippen molar-refractivity contribution in [3.63, 3.8) is 0 Å². The Kier molecular flexibility index (Phi) is 4.26. The smallest absolute Gasteiger partial charge is 0.256 e. The van der Waals surface area contributed by atoms with Crippen LogP contribution in [0.2, 0.25) is 0 Å². The highest BCUT2D eigenvalue weighted by Gasteiger charge is 2.24. The fourth-order valence-corrected chi connectivity index (χ4v) is 2.79. The van der Waals surface area contributed by atoms with E-state index >= 15 is 0 Å². The molecule has 0 unspecified atom stereocenters. The van der Waals surface area contributed by atoms with Crippen LogP contribution in [0.15, 0.2) is 36.4 Å². The second-order valence-electron chi connectivity index (χ2n) is 5.26. The Hall–Kier alpha value is -2.46. The zero-order valence-electron chi connectivity index (χ0n) is 12.6. The Morgan fingerprint density at radius 1 is 1.26 bits per heavy atom. The van der Waals surface area contributed by atoms with Gasteiger partial charge in [-0.15, -0.1) is 11.6 Å². The van der Waals surface area contributed by atoms with E-state index in [0.29, 0.717) is 22.8 Å². The fraction of sp³-hybridized carbons (Fsp3) is 0.167. The van der Waals surface area contributed by atoms with Crippen LogP contribution in [-0.4, -0.2) is 24.0 Å². The molecule has 118 valence electrons. The van der Waals surface area contributed by atoms with Gasteiger partial charge in [0.25, 0.3) is 5.91 Å². The molecule has 0 aromatic heterocycles. The number of aromatic hydroxyl groups is 1. The number of ether oxygens (including phenoxy) is 1. The Labute approximate surface area is 139 Å². The number of phenols is 1. The predicted octanol–water partition coefficient (Wildman–Crippen LogP) is 3.67. The lowest BCUT2D eigenvalue weighted by Gasteiger charge is -2.05. The van der Waals surface area contributed by atoms with Gasteiger partial charge in [-0.3, -0.25) is 4.79 Å². The number of methoxy groups -OCH3 is 1. The van der Waals surface area contributed by atoms with E-state index in [0.717, 1.165) is 23.2 Å². The number of carbonyl (C=O) groups excluding carboxylic acids is 1. The lowest BCUT2D eigenvalue weighted by Crippen LogP contribution is -2.03. The zero-order valence-corrected chi connectivity index (χ0v) is 13.4. The minimum atomic E-state index is -0.182. The number of anilines is 1. The van der Waals surface area contributed by atoms with Crippen LogP contribution < -0.4 is 10.1 Å². The molecule has 0 spiro atoms. The Bertz CT molecular complexity index is 799. The van der Waals surface area contributed by atoms with Gasteiger partial charge in [0.15, 0.2) is 0 Å².